The van der Waals surface area contributed by atoms with Crippen LogP contribution in [0.4, 0.5) is 0 Å². The van der Waals surface area contributed by atoms with E-state index < -0.39 is 0 Å². The average Bonchev–Trinajstić information content (AvgIpc) is 3.29. The molecule has 2 atom stereocenters. The Morgan fingerprint density at radius 1 is 1.39 bits per heavy atom. The van der Waals surface area contributed by atoms with E-state index in [0.717, 1.165) is 43.8 Å². The van der Waals surface area contributed by atoms with Crippen LogP contribution in [0.1, 0.15) is 48.1 Å². The molecule has 1 aromatic heterocycles. The number of hydrogen-bond donors (Lipinski definition) is 1. The molecule has 23 heavy (non-hydrogen) atoms. The summed E-state index contributed by atoms with van der Waals surface area (Å²) in [5.41, 5.74) is 1.12. The van der Waals surface area contributed by atoms with Crippen LogP contribution in [0.2, 0.25) is 0 Å². The number of hydrogen-bond acceptors (Lipinski definition) is 4. The van der Waals surface area contributed by atoms with Gasteiger partial charge in [0.2, 0.25) is 5.91 Å². The molecule has 3 aliphatic heterocycles. The lowest BCUT2D eigenvalue weighted by Gasteiger charge is -2.25. The number of carbonyl (C=O) groups is 2. The van der Waals surface area contributed by atoms with E-state index in [1.807, 2.05) is 13.0 Å². The minimum atomic E-state index is -0.315. The van der Waals surface area contributed by atoms with Crippen LogP contribution in [-0.2, 0) is 17.8 Å². The van der Waals surface area contributed by atoms with E-state index in [0.29, 0.717) is 12.3 Å². The zero-order chi connectivity index (χ0) is 16.0. The summed E-state index contributed by atoms with van der Waals surface area (Å²) < 4.78 is 5.84. The Morgan fingerprint density at radius 3 is 2.83 bits per heavy atom. The van der Waals surface area contributed by atoms with Crippen LogP contribution in [0.3, 0.4) is 0 Å². The predicted molar refractivity (Wildman–Crippen MR) is 84.0 cm³/mol. The fourth-order valence-electron chi connectivity index (χ4n) is 4.04. The molecule has 0 radical (unpaired) electrons. The lowest BCUT2D eigenvalue weighted by Crippen LogP contribution is -2.50. The van der Waals surface area contributed by atoms with Crippen molar-refractivity contribution in [2.24, 2.45) is 0 Å². The second kappa shape index (κ2) is 5.67. The van der Waals surface area contributed by atoms with E-state index in [1.165, 1.54) is 12.8 Å². The van der Waals surface area contributed by atoms with Crippen LogP contribution in [0, 0.1) is 0 Å². The van der Waals surface area contributed by atoms with E-state index >= 15 is 0 Å². The van der Waals surface area contributed by atoms with Gasteiger partial charge in [-0.2, -0.15) is 0 Å². The molecule has 0 aromatic carbocycles. The average molecular weight is 317 g/mol. The fourth-order valence-corrected chi connectivity index (χ4v) is 4.04. The zero-order valence-corrected chi connectivity index (χ0v) is 13.5. The van der Waals surface area contributed by atoms with Crippen molar-refractivity contribution >= 4 is 11.8 Å². The van der Waals surface area contributed by atoms with Gasteiger partial charge in [0.15, 0.2) is 5.76 Å². The van der Waals surface area contributed by atoms with Crippen LogP contribution in [0.25, 0.3) is 0 Å². The third-order valence-corrected chi connectivity index (χ3v) is 5.23. The molecule has 0 saturated carbocycles. The van der Waals surface area contributed by atoms with Gasteiger partial charge in [-0.15, -0.1) is 0 Å². The standard InChI is InChI=1S/C17H23N3O3/c1-2-14-11(9-19-5-3-4-6-19)7-15(23-14)17(22)20-10-12-8-13(20)16(21)18-12/h7,12-13H,2-6,8-10H2,1H3,(H,18,21)/t12-,13-/m0/s1. The molecule has 4 rings (SSSR count). The van der Waals surface area contributed by atoms with Crippen molar-refractivity contribution in [1.29, 1.82) is 0 Å². The lowest BCUT2D eigenvalue weighted by atomic mass is 10.2. The molecule has 2 bridgehead atoms. The Balaban J connectivity index is 1.53. The molecule has 1 aromatic rings. The predicted octanol–water partition coefficient (Wildman–Crippen LogP) is 1.15. The summed E-state index contributed by atoms with van der Waals surface area (Å²) in [5, 5.41) is 2.90. The maximum atomic E-state index is 12.7. The normalized spacial score (nSPS) is 27.0. The van der Waals surface area contributed by atoms with Crippen LogP contribution in [0.15, 0.2) is 10.5 Å². The largest absolute Gasteiger partial charge is 0.456 e. The van der Waals surface area contributed by atoms with Gasteiger partial charge in [0.05, 0.1) is 0 Å². The van der Waals surface area contributed by atoms with Gasteiger partial charge in [0.1, 0.15) is 11.8 Å². The van der Waals surface area contributed by atoms with Gasteiger partial charge in [0, 0.05) is 31.1 Å². The topological polar surface area (TPSA) is 65.8 Å². The van der Waals surface area contributed by atoms with E-state index in [4.69, 9.17) is 4.42 Å². The highest BCUT2D eigenvalue weighted by Gasteiger charge is 2.47. The maximum absolute atomic E-state index is 12.7. The Morgan fingerprint density at radius 2 is 2.17 bits per heavy atom. The van der Waals surface area contributed by atoms with Crippen LogP contribution in [-0.4, -0.2) is 53.3 Å². The maximum Gasteiger partial charge on any atom is 0.290 e. The molecule has 4 heterocycles. The third-order valence-electron chi connectivity index (χ3n) is 5.23. The number of piperazine rings is 1. The molecule has 3 saturated heterocycles. The van der Waals surface area contributed by atoms with E-state index in [9.17, 15) is 9.59 Å². The molecule has 3 aliphatic rings. The van der Waals surface area contributed by atoms with Gasteiger partial charge in [-0.25, -0.2) is 0 Å². The summed E-state index contributed by atoms with van der Waals surface area (Å²) in [7, 11) is 0. The fraction of sp³-hybridized carbons (Fsp3) is 0.647. The molecule has 0 unspecified atom stereocenters. The minimum absolute atomic E-state index is 0.0332. The summed E-state index contributed by atoms with van der Waals surface area (Å²) in [5.74, 6) is 1.11. The molecule has 6 heteroatoms. The number of carbonyl (C=O) groups excluding carboxylic acids is 2. The molecular weight excluding hydrogens is 294 g/mol. The molecule has 124 valence electrons. The van der Waals surface area contributed by atoms with Crippen LogP contribution >= 0.6 is 0 Å². The number of rotatable bonds is 4. The van der Waals surface area contributed by atoms with Gasteiger partial charge < -0.3 is 14.6 Å². The molecule has 6 nitrogen and oxygen atoms in total. The molecule has 0 aliphatic carbocycles. The Bertz CT molecular complexity index is 633. The van der Waals surface area contributed by atoms with Gasteiger partial charge in [-0.05, 0) is 38.4 Å². The summed E-state index contributed by atoms with van der Waals surface area (Å²) in [6.45, 7) is 5.73. The van der Waals surface area contributed by atoms with E-state index in [1.54, 1.807) is 4.90 Å². The second-order valence-electron chi connectivity index (χ2n) is 6.81. The van der Waals surface area contributed by atoms with E-state index in [-0.39, 0.29) is 23.9 Å². The van der Waals surface area contributed by atoms with Crippen molar-refractivity contribution in [3.05, 3.63) is 23.2 Å². The summed E-state index contributed by atoms with van der Waals surface area (Å²) >= 11 is 0. The van der Waals surface area contributed by atoms with Crippen molar-refractivity contribution in [3.63, 3.8) is 0 Å². The van der Waals surface area contributed by atoms with Crippen LogP contribution in [0.5, 0.6) is 0 Å². The first-order valence-corrected chi connectivity index (χ1v) is 8.61. The third kappa shape index (κ3) is 2.55. The number of nitrogens with one attached hydrogen (secondary N) is 1. The molecule has 0 spiro atoms. The number of fused-ring (bicyclic) bond motifs is 2. The van der Waals surface area contributed by atoms with Gasteiger partial charge in [-0.3, -0.25) is 14.5 Å². The number of likely N-dealkylation sites (tertiary alicyclic amines) is 2. The van der Waals surface area contributed by atoms with Crippen molar-refractivity contribution in [2.45, 2.75) is 51.2 Å². The zero-order valence-electron chi connectivity index (χ0n) is 13.5. The number of aryl methyl sites for hydroxylation is 1. The first kappa shape index (κ1) is 14.8. The van der Waals surface area contributed by atoms with Crippen molar-refractivity contribution < 1.29 is 14.0 Å². The molecule has 2 amide bonds. The summed E-state index contributed by atoms with van der Waals surface area (Å²) in [4.78, 5) is 28.6. The highest BCUT2D eigenvalue weighted by atomic mass is 16.4. The van der Waals surface area contributed by atoms with Gasteiger partial charge in [-0.1, -0.05) is 6.92 Å². The van der Waals surface area contributed by atoms with Crippen LogP contribution < -0.4 is 5.32 Å². The van der Waals surface area contributed by atoms with Crippen molar-refractivity contribution in [1.82, 2.24) is 15.1 Å². The van der Waals surface area contributed by atoms with Crippen molar-refractivity contribution in [3.8, 4) is 0 Å². The smallest absolute Gasteiger partial charge is 0.290 e. The number of amides is 2. The lowest BCUT2D eigenvalue weighted by molar-refractivity contribution is -0.124. The molecule has 1 N–H and O–H groups in total. The monoisotopic (exact) mass is 317 g/mol. The van der Waals surface area contributed by atoms with Crippen molar-refractivity contribution in [2.75, 3.05) is 19.6 Å². The SMILES string of the molecule is CCc1oc(C(=O)N2C[C@@H]3C[C@H]2C(=O)N3)cc1CN1CCCC1. The Hall–Kier alpha value is -1.82. The summed E-state index contributed by atoms with van der Waals surface area (Å²) in [6, 6.07) is 1.69. The summed E-state index contributed by atoms with van der Waals surface area (Å²) in [6.07, 6.45) is 4.00. The highest BCUT2D eigenvalue weighted by molar-refractivity contribution is 5.97. The Kier molecular flexibility index (Phi) is 3.64. The molecular formula is C17H23N3O3. The minimum Gasteiger partial charge on any atom is -0.456 e. The number of furan rings is 1. The molecule has 3 fully saturated rings. The van der Waals surface area contributed by atoms with E-state index in [2.05, 4.69) is 10.2 Å². The van der Waals surface area contributed by atoms with Gasteiger partial charge >= 0.3 is 0 Å². The highest BCUT2D eigenvalue weighted by Crippen LogP contribution is 2.28. The quantitative estimate of drug-likeness (QED) is 0.905. The van der Waals surface area contributed by atoms with Gasteiger partial charge in [0.25, 0.3) is 5.91 Å². The first-order chi connectivity index (χ1) is 11.2. The second-order valence-corrected chi connectivity index (χ2v) is 6.81. The first-order valence-electron chi connectivity index (χ1n) is 8.61. The Labute approximate surface area is 135 Å². The number of nitrogens with zero attached hydrogens (tertiary/aromatic N) is 2.